The molecule has 172 valence electrons. The molecule has 3 N–H and O–H groups in total. The van der Waals surface area contributed by atoms with E-state index in [9.17, 15) is 4.79 Å². The largest absolute Gasteiger partial charge is 0.467 e. The number of aromatic amines is 1. The Labute approximate surface area is 204 Å². The van der Waals surface area contributed by atoms with Gasteiger partial charge in [0.1, 0.15) is 9.24 Å². The Balaban J connectivity index is 1.39. The van der Waals surface area contributed by atoms with Gasteiger partial charge in [0.05, 0.1) is 19.0 Å². The smallest absolute Gasteiger partial charge is 0.322 e. The number of halogens is 1. The van der Waals surface area contributed by atoms with Gasteiger partial charge in [0.25, 0.3) is 0 Å². The highest BCUT2D eigenvalue weighted by Crippen LogP contribution is 2.40. The highest BCUT2D eigenvalue weighted by molar-refractivity contribution is 14.1. The van der Waals surface area contributed by atoms with Crippen molar-refractivity contribution in [1.82, 2.24) is 30.1 Å². The van der Waals surface area contributed by atoms with Crippen LogP contribution in [0.4, 0.5) is 23.4 Å². The predicted molar refractivity (Wildman–Crippen MR) is 131 cm³/mol. The molecule has 11 nitrogen and oxygen atoms in total. The maximum Gasteiger partial charge on any atom is 0.322 e. The van der Waals surface area contributed by atoms with Crippen LogP contribution in [0.1, 0.15) is 44.2 Å². The number of pyridine rings is 1. The molecular formula is C21H24IN9O2. The summed E-state index contributed by atoms with van der Waals surface area (Å²) in [6.07, 6.45) is 5.50. The van der Waals surface area contributed by atoms with Crippen molar-refractivity contribution in [1.29, 1.82) is 0 Å². The molecule has 0 bridgehead atoms. The standard InChI is InChI=1S/C21H24IN9O2/c1-21(17(32)24-13-6-7-15(22)23-11-13)8-3-9-31(21)19-26-18(27-20(28-19)33-2)25-16-10-14(29-30-16)12-4-5-12/h6-7,10-12H,3-5,8-9H2,1-2H3,(H,24,32)(H2,25,26,27,28,29,30)/t21-/m0/s1. The first-order valence-corrected chi connectivity index (χ1v) is 11.9. The van der Waals surface area contributed by atoms with Gasteiger partial charge in [0, 0.05) is 24.2 Å². The topological polar surface area (TPSA) is 134 Å². The molecule has 2 aliphatic rings. The van der Waals surface area contributed by atoms with Crippen LogP contribution in [0.2, 0.25) is 0 Å². The number of anilines is 4. The number of nitrogens with one attached hydrogen (secondary N) is 3. The molecular weight excluding hydrogens is 537 g/mol. The van der Waals surface area contributed by atoms with Crippen LogP contribution >= 0.6 is 22.6 Å². The van der Waals surface area contributed by atoms with E-state index in [1.165, 1.54) is 20.0 Å². The van der Waals surface area contributed by atoms with Crippen molar-refractivity contribution in [3.05, 3.63) is 33.8 Å². The molecule has 3 aromatic rings. The third-order valence-corrected chi connectivity index (χ3v) is 6.64. The number of hydrogen-bond acceptors (Lipinski definition) is 9. The van der Waals surface area contributed by atoms with Gasteiger partial charge in [-0.25, -0.2) is 4.98 Å². The summed E-state index contributed by atoms with van der Waals surface area (Å²) in [6, 6.07) is 5.82. The van der Waals surface area contributed by atoms with E-state index in [2.05, 4.69) is 63.4 Å². The van der Waals surface area contributed by atoms with Crippen molar-refractivity contribution in [2.45, 2.75) is 44.1 Å². The van der Waals surface area contributed by atoms with Crippen LogP contribution in [0.5, 0.6) is 6.01 Å². The molecule has 3 aromatic heterocycles. The fourth-order valence-electron chi connectivity index (χ4n) is 3.97. The number of ether oxygens (including phenoxy) is 1. The molecule has 5 rings (SSSR count). The maximum absolute atomic E-state index is 13.3. The van der Waals surface area contributed by atoms with E-state index >= 15 is 0 Å². The van der Waals surface area contributed by atoms with Crippen molar-refractivity contribution in [3.8, 4) is 6.01 Å². The van der Waals surface area contributed by atoms with Gasteiger partial charge in [-0.3, -0.25) is 9.89 Å². The van der Waals surface area contributed by atoms with Gasteiger partial charge in [-0.05, 0) is 67.3 Å². The number of nitrogens with zero attached hydrogens (tertiary/aromatic N) is 6. The summed E-state index contributed by atoms with van der Waals surface area (Å²) in [5.41, 5.74) is 0.916. The van der Waals surface area contributed by atoms with Crippen LogP contribution < -0.4 is 20.3 Å². The minimum atomic E-state index is -0.835. The van der Waals surface area contributed by atoms with Crippen LogP contribution in [0.3, 0.4) is 0 Å². The van der Waals surface area contributed by atoms with E-state index in [1.807, 2.05) is 30.0 Å². The quantitative estimate of drug-likeness (QED) is 0.294. The molecule has 0 unspecified atom stereocenters. The minimum Gasteiger partial charge on any atom is -0.467 e. The zero-order valence-electron chi connectivity index (χ0n) is 18.3. The highest BCUT2D eigenvalue weighted by Gasteiger charge is 2.45. The molecule has 0 radical (unpaired) electrons. The third-order valence-electron chi connectivity index (χ3n) is 6.00. The van der Waals surface area contributed by atoms with Gasteiger partial charge < -0.3 is 20.3 Å². The number of methoxy groups -OCH3 is 1. The van der Waals surface area contributed by atoms with Gasteiger partial charge in [-0.1, -0.05) is 0 Å². The Bertz CT molecular complexity index is 1160. The van der Waals surface area contributed by atoms with Crippen molar-refractivity contribution in [2.24, 2.45) is 0 Å². The predicted octanol–water partition coefficient (Wildman–Crippen LogP) is 3.22. The molecule has 1 saturated heterocycles. The van der Waals surface area contributed by atoms with Gasteiger partial charge in [0.2, 0.25) is 17.8 Å². The average Bonchev–Trinajstić information content (AvgIpc) is 3.43. The molecule has 0 aromatic carbocycles. The number of aromatic nitrogens is 6. The Hall–Kier alpha value is -3.03. The highest BCUT2D eigenvalue weighted by atomic mass is 127. The zero-order valence-corrected chi connectivity index (χ0v) is 20.5. The Morgan fingerprint density at radius 2 is 2.15 bits per heavy atom. The summed E-state index contributed by atoms with van der Waals surface area (Å²) < 4.78 is 6.17. The second-order valence-electron chi connectivity index (χ2n) is 8.41. The first-order chi connectivity index (χ1) is 15.9. The van der Waals surface area contributed by atoms with E-state index in [-0.39, 0.29) is 11.9 Å². The molecule has 12 heteroatoms. The lowest BCUT2D eigenvalue weighted by molar-refractivity contribution is -0.120. The number of hydrogen-bond donors (Lipinski definition) is 3. The maximum atomic E-state index is 13.3. The summed E-state index contributed by atoms with van der Waals surface area (Å²) in [6.45, 7) is 2.53. The van der Waals surface area contributed by atoms with Gasteiger partial charge in [0.15, 0.2) is 5.82 Å². The summed E-state index contributed by atoms with van der Waals surface area (Å²) >= 11 is 2.13. The average molecular weight is 561 g/mol. The number of amides is 1. The molecule has 33 heavy (non-hydrogen) atoms. The second kappa shape index (κ2) is 8.72. The Morgan fingerprint density at radius 1 is 1.30 bits per heavy atom. The molecule has 1 saturated carbocycles. The second-order valence-corrected chi connectivity index (χ2v) is 9.51. The molecule has 1 amide bonds. The lowest BCUT2D eigenvalue weighted by atomic mass is 9.97. The summed E-state index contributed by atoms with van der Waals surface area (Å²) in [7, 11) is 1.50. The fourth-order valence-corrected chi connectivity index (χ4v) is 4.29. The van der Waals surface area contributed by atoms with E-state index in [1.54, 1.807) is 6.20 Å². The van der Waals surface area contributed by atoms with Gasteiger partial charge in [-0.15, -0.1) is 0 Å². The van der Waals surface area contributed by atoms with Crippen LogP contribution in [-0.4, -0.2) is 55.2 Å². The summed E-state index contributed by atoms with van der Waals surface area (Å²) in [5.74, 6) is 1.73. The zero-order chi connectivity index (χ0) is 23.0. The lowest BCUT2D eigenvalue weighted by Gasteiger charge is -2.33. The van der Waals surface area contributed by atoms with Crippen LogP contribution in [-0.2, 0) is 4.79 Å². The normalized spacial score (nSPS) is 20.0. The molecule has 1 aliphatic carbocycles. The molecule has 1 atom stereocenters. The SMILES string of the molecule is COc1nc(Nc2cc(C3CC3)[nH]n2)nc(N2CCC[C@@]2(C)C(=O)Nc2ccc(I)nc2)n1. The number of rotatable bonds is 7. The van der Waals surface area contributed by atoms with E-state index in [0.717, 1.165) is 15.8 Å². The minimum absolute atomic E-state index is 0.140. The molecule has 2 fully saturated rings. The lowest BCUT2D eigenvalue weighted by Crippen LogP contribution is -2.51. The Kier molecular flexibility index (Phi) is 5.76. The van der Waals surface area contributed by atoms with E-state index in [4.69, 9.17) is 4.74 Å². The summed E-state index contributed by atoms with van der Waals surface area (Å²) in [5, 5.41) is 13.5. The fraction of sp³-hybridized carbons (Fsp3) is 0.429. The van der Waals surface area contributed by atoms with Gasteiger partial charge in [-0.2, -0.15) is 20.1 Å². The van der Waals surface area contributed by atoms with Crippen LogP contribution in [0.15, 0.2) is 24.4 Å². The number of carbonyl (C=O) groups excluding carboxylic acids is 1. The third kappa shape index (κ3) is 4.56. The molecule has 0 spiro atoms. The Morgan fingerprint density at radius 3 is 2.88 bits per heavy atom. The van der Waals surface area contributed by atoms with E-state index < -0.39 is 5.54 Å². The van der Waals surface area contributed by atoms with Crippen molar-refractivity contribution < 1.29 is 9.53 Å². The van der Waals surface area contributed by atoms with E-state index in [0.29, 0.717) is 42.3 Å². The van der Waals surface area contributed by atoms with Crippen molar-refractivity contribution in [3.63, 3.8) is 0 Å². The summed E-state index contributed by atoms with van der Waals surface area (Å²) in [4.78, 5) is 32.8. The van der Waals surface area contributed by atoms with Crippen molar-refractivity contribution in [2.75, 3.05) is 29.2 Å². The first kappa shape index (κ1) is 21.8. The number of carbonyl (C=O) groups is 1. The molecule has 4 heterocycles. The van der Waals surface area contributed by atoms with Crippen LogP contribution in [0.25, 0.3) is 0 Å². The molecule has 1 aliphatic heterocycles. The van der Waals surface area contributed by atoms with Crippen molar-refractivity contribution >= 4 is 51.9 Å². The van der Waals surface area contributed by atoms with Gasteiger partial charge >= 0.3 is 6.01 Å². The first-order valence-electron chi connectivity index (χ1n) is 10.8. The monoisotopic (exact) mass is 561 g/mol. The number of H-pyrrole nitrogens is 1. The van der Waals surface area contributed by atoms with Crippen LogP contribution in [0, 0.1) is 3.70 Å².